The lowest BCUT2D eigenvalue weighted by molar-refractivity contribution is 0.0594. The standard InChI is InChI=1S/C9H10BN3O4/c1-5-3-6(9(14)17-2)11-8-4-7(10(15)16)12-13(5)8/h3-4,15-16H,1-2H3. The minimum Gasteiger partial charge on any atom is -0.464 e. The van der Waals surface area contributed by atoms with Crippen molar-refractivity contribution in [1.82, 2.24) is 14.6 Å². The summed E-state index contributed by atoms with van der Waals surface area (Å²) in [7, 11) is -0.402. The van der Waals surface area contributed by atoms with Crippen molar-refractivity contribution in [2.45, 2.75) is 6.92 Å². The van der Waals surface area contributed by atoms with Crippen LogP contribution in [0.25, 0.3) is 5.65 Å². The first-order chi connectivity index (χ1) is 8.02. The lowest BCUT2D eigenvalue weighted by Crippen LogP contribution is -2.31. The summed E-state index contributed by atoms with van der Waals surface area (Å²) in [6.45, 7) is 1.72. The highest BCUT2D eigenvalue weighted by atomic mass is 16.5. The Hall–Kier alpha value is -1.93. The zero-order valence-electron chi connectivity index (χ0n) is 9.28. The molecule has 2 rings (SSSR count). The van der Waals surface area contributed by atoms with Gasteiger partial charge in [-0.05, 0) is 13.0 Å². The molecule has 0 atom stereocenters. The number of nitrogens with zero attached hydrogens (tertiary/aromatic N) is 3. The monoisotopic (exact) mass is 235 g/mol. The molecule has 0 aliphatic carbocycles. The van der Waals surface area contributed by atoms with Crippen LogP contribution in [0, 0.1) is 6.92 Å². The fraction of sp³-hybridized carbons (Fsp3) is 0.222. The van der Waals surface area contributed by atoms with Crippen LogP contribution in [-0.4, -0.2) is 44.8 Å². The van der Waals surface area contributed by atoms with Crippen molar-refractivity contribution in [2.75, 3.05) is 7.11 Å². The number of carbonyl (C=O) groups excluding carboxylic acids is 1. The number of hydrogen-bond donors (Lipinski definition) is 2. The van der Waals surface area contributed by atoms with E-state index in [4.69, 9.17) is 10.0 Å². The molecule has 2 heterocycles. The van der Waals surface area contributed by atoms with E-state index in [-0.39, 0.29) is 11.3 Å². The lowest BCUT2D eigenvalue weighted by Gasteiger charge is -2.02. The van der Waals surface area contributed by atoms with Crippen LogP contribution < -0.4 is 5.59 Å². The normalized spacial score (nSPS) is 10.6. The summed E-state index contributed by atoms with van der Waals surface area (Å²) in [6.07, 6.45) is 0. The van der Waals surface area contributed by atoms with Gasteiger partial charge in [-0.1, -0.05) is 0 Å². The molecule has 0 spiro atoms. The number of hydrogen-bond acceptors (Lipinski definition) is 6. The van der Waals surface area contributed by atoms with Gasteiger partial charge in [0.05, 0.1) is 12.7 Å². The Balaban J connectivity index is 2.61. The van der Waals surface area contributed by atoms with Crippen molar-refractivity contribution in [3.63, 3.8) is 0 Å². The van der Waals surface area contributed by atoms with Gasteiger partial charge in [0, 0.05) is 11.8 Å². The van der Waals surface area contributed by atoms with Crippen LogP contribution in [0.1, 0.15) is 16.2 Å². The Morgan fingerprint density at radius 1 is 1.47 bits per heavy atom. The zero-order chi connectivity index (χ0) is 12.6. The molecule has 88 valence electrons. The highest BCUT2D eigenvalue weighted by molar-refractivity contribution is 6.57. The number of ether oxygens (including phenoxy) is 1. The quantitative estimate of drug-likeness (QED) is 0.485. The number of aryl methyl sites for hydroxylation is 1. The Labute approximate surface area is 96.8 Å². The molecule has 17 heavy (non-hydrogen) atoms. The molecule has 0 saturated carbocycles. The Kier molecular flexibility index (Phi) is 2.82. The SMILES string of the molecule is COC(=O)c1cc(C)n2nc(B(O)O)cc2n1. The van der Waals surface area contributed by atoms with Crippen molar-refractivity contribution >= 4 is 24.3 Å². The van der Waals surface area contributed by atoms with Gasteiger partial charge in [0.15, 0.2) is 11.3 Å². The molecule has 0 aromatic carbocycles. The van der Waals surface area contributed by atoms with Gasteiger partial charge >= 0.3 is 13.1 Å². The molecule has 0 radical (unpaired) electrons. The van der Waals surface area contributed by atoms with Crippen molar-refractivity contribution in [3.8, 4) is 0 Å². The number of fused-ring (bicyclic) bond motifs is 1. The molecule has 2 aromatic rings. The molecule has 2 N–H and O–H groups in total. The summed E-state index contributed by atoms with van der Waals surface area (Å²) in [5.41, 5.74) is 1.22. The second-order valence-electron chi connectivity index (χ2n) is 3.49. The Morgan fingerprint density at radius 2 is 2.18 bits per heavy atom. The molecule has 0 aliphatic rings. The predicted molar refractivity (Wildman–Crippen MR) is 58.9 cm³/mol. The van der Waals surface area contributed by atoms with Gasteiger partial charge in [-0.2, -0.15) is 5.10 Å². The maximum atomic E-state index is 11.3. The molecule has 0 aliphatic heterocycles. The summed E-state index contributed by atoms with van der Waals surface area (Å²) in [6, 6.07) is 2.91. The Bertz CT molecular complexity index is 581. The highest BCUT2D eigenvalue weighted by Crippen LogP contribution is 2.06. The maximum Gasteiger partial charge on any atom is 0.510 e. The van der Waals surface area contributed by atoms with Crippen molar-refractivity contribution < 1.29 is 19.6 Å². The van der Waals surface area contributed by atoms with Crippen LogP contribution in [-0.2, 0) is 4.74 Å². The van der Waals surface area contributed by atoms with E-state index in [1.54, 1.807) is 6.92 Å². The van der Waals surface area contributed by atoms with E-state index in [9.17, 15) is 4.79 Å². The largest absolute Gasteiger partial charge is 0.510 e. The van der Waals surface area contributed by atoms with E-state index in [0.29, 0.717) is 11.3 Å². The second kappa shape index (κ2) is 4.15. The van der Waals surface area contributed by atoms with Gasteiger partial charge in [0.25, 0.3) is 0 Å². The topological polar surface area (TPSA) is 97.0 Å². The number of methoxy groups -OCH3 is 1. The summed E-state index contributed by atoms with van der Waals surface area (Å²) in [5.74, 6) is -0.553. The van der Waals surface area contributed by atoms with Crippen LogP contribution in [0.4, 0.5) is 0 Å². The molecule has 2 aromatic heterocycles. The second-order valence-corrected chi connectivity index (χ2v) is 3.49. The number of esters is 1. The van der Waals surface area contributed by atoms with Crippen molar-refractivity contribution in [3.05, 3.63) is 23.5 Å². The summed E-state index contributed by atoms with van der Waals surface area (Å²) >= 11 is 0. The third kappa shape index (κ3) is 1.99. The maximum absolute atomic E-state index is 11.3. The number of carbonyl (C=O) groups is 1. The van der Waals surface area contributed by atoms with Crippen LogP contribution in [0.15, 0.2) is 12.1 Å². The van der Waals surface area contributed by atoms with E-state index >= 15 is 0 Å². The van der Waals surface area contributed by atoms with Gasteiger partial charge in [0.1, 0.15) is 0 Å². The molecule has 7 nitrogen and oxygen atoms in total. The van der Waals surface area contributed by atoms with Gasteiger partial charge < -0.3 is 14.8 Å². The average Bonchev–Trinajstić information content (AvgIpc) is 2.72. The van der Waals surface area contributed by atoms with Crippen molar-refractivity contribution in [1.29, 1.82) is 0 Å². The van der Waals surface area contributed by atoms with E-state index in [2.05, 4.69) is 14.8 Å². The molecule has 0 amide bonds. The van der Waals surface area contributed by atoms with Crippen LogP contribution >= 0.6 is 0 Å². The first-order valence-corrected chi connectivity index (χ1v) is 4.84. The molecule has 8 heteroatoms. The highest BCUT2D eigenvalue weighted by Gasteiger charge is 2.18. The summed E-state index contributed by atoms with van der Waals surface area (Å²) < 4.78 is 5.98. The van der Waals surface area contributed by atoms with E-state index < -0.39 is 13.1 Å². The molecule has 0 unspecified atom stereocenters. The molecule has 0 saturated heterocycles. The van der Waals surface area contributed by atoms with Crippen LogP contribution in [0.3, 0.4) is 0 Å². The lowest BCUT2D eigenvalue weighted by atomic mass is 9.87. The van der Waals surface area contributed by atoms with Crippen LogP contribution in [0.5, 0.6) is 0 Å². The first-order valence-electron chi connectivity index (χ1n) is 4.84. The predicted octanol–water partition coefficient (Wildman–Crippen LogP) is -1.50. The fourth-order valence-electron chi connectivity index (χ4n) is 1.48. The fourth-order valence-corrected chi connectivity index (χ4v) is 1.48. The zero-order valence-corrected chi connectivity index (χ0v) is 9.28. The average molecular weight is 235 g/mol. The molecule has 0 bridgehead atoms. The van der Waals surface area contributed by atoms with Gasteiger partial charge in [-0.15, -0.1) is 0 Å². The van der Waals surface area contributed by atoms with Gasteiger partial charge in [0.2, 0.25) is 0 Å². The van der Waals surface area contributed by atoms with E-state index in [0.717, 1.165) is 0 Å². The van der Waals surface area contributed by atoms with E-state index in [1.165, 1.54) is 23.8 Å². The molecular formula is C9H10BN3O4. The summed E-state index contributed by atoms with van der Waals surface area (Å²) in [5, 5.41) is 21.9. The molecule has 0 fully saturated rings. The minimum atomic E-state index is -1.67. The number of aromatic nitrogens is 3. The minimum absolute atomic E-state index is 0.0719. The van der Waals surface area contributed by atoms with Crippen LogP contribution in [0.2, 0.25) is 0 Å². The smallest absolute Gasteiger partial charge is 0.464 e. The third-order valence-corrected chi connectivity index (χ3v) is 2.28. The van der Waals surface area contributed by atoms with Gasteiger partial charge in [-0.3, -0.25) is 0 Å². The third-order valence-electron chi connectivity index (χ3n) is 2.28. The Morgan fingerprint density at radius 3 is 2.76 bits per heavy atom. The van der Waals surface area contributed by atoms with Crippen molar-refractivity contribution in [2.24, 2.45) is 0 Å². The first kappa shape index (κ1) is 11.6. The summed E-state index contributed by atoms with van der Waals surface area (Å²) in [4.78, 5) is 15.4. The number of rotatable bonds is 2. The van der Waals surface area contributed by atoms with Gasteiger partial charge in [-0.25, -0.2) is 14.3 Å². The van der Waals surface area contributed by atoms with E-state index in [1.807, 2.05) is 0 Å². The molecular weight excluding hydrogens is 225 g/mol.